The molecule has 196 valence electrons. The summed E-state index contributed by atoms with van der Waals surface area (Å²) in [4.78, 5) is 46.3. The van der Waals surface area contributed by atoms with E-state index in [2.05, 4.69) is 15.4 Å². The maximum Gasteiger partial charge on any atom is 0.341 e. The van der Waals surface area contributed by atoms with Gasteiger partial charge in [0.25, 0.3) is 5.91 Å². The number of aromatic nitrogens is 2. The molecule has 0 saturated carbocycles. The van der Waals surface area contributed by atoms with Crippen molar-refractivity contribution in [3.8, 4) is 0 Å². The normalized spacial score (nSPS) is 15.9. The van der Waals surface area contributed by atoms with Gasteiger partial charge in [-0.2, -0.15) is 5.10 Å². The fourth-order valence-electron chi connectivity index (χ4n) is 4.44. The van der Waals surface area contributed by atoms with E-state index in [0.717, 1.165) is 41.7 Å². The molecule has 2 amide bonds. The standard InChI is InChI=1S/C27H27N5O4S2/c1-3-36-26(35)23-19-11-7-8-12-21(19)38-24(23)30-22(33)16-37-27-29-20(13-17-14-28-31(2)15-17)25(34)32(27)18-9-5-4-6-10-18/h4-6,9-10,13-15H,3,7-8,11-12,16H2,1-2H3,(H,30,33)/b20-13+. The summed E-state index contributed by atoms with van der Waals surface area (Å²) in [5.74, 6) is -0.952. The maximum atomic E-state index is 13.3. The number of carbonyl (C=O) groups excluding carboxylic acids is 3. The van der Waals surface area contributed by atoms with Crippen LogP contribution in [0.4, 0.5) is 10.7 Å². The lowest BCUT2D eigenvalue weighted by molar-refractivity contribution is -0.114. The van der Waals surface area contributed by atoms with Crippen LogP contribution in [0, 0.1) is 0 Å². The molecule has 2 aliphatic rings. The molecular weight excluding hydrogens is 522 g/mol. The number of amidine groups is 1. The topological polar surface area (TPSA) is 106 Å². The summed E-state index contributed by atoms with van der Waals surface area (Å²) in [7, 11) is 1.80. The zero-order valence-electron chi connectivity index (χ0n) is 21.1. The van der Waals surface area contributed by atoms with Gasteiger partial charge < -0.3 is 10.1 Å². The number of para-hydroxylation sites is 1. The number of aryl methyl sites for hydroxylation is 2. The molecule has 3 heterocycles. The van der Waals surface area contributed by atoms with E-state index in [-0.39, 0.29) is 29.9 Å². The minimum atomic E-state index is -0.402. The third-order valence-electron chi connectivity index (χ3n) is 6.11. The number of thiophene rings is 1. The van der Waals surface area contributed by atoms with Gasteiger partial charge in [-0.25, -0.2) is 9.79 Å². The van der Waals surface area contributed by atoms with Crippen LogP contribution < -0.4 is 10.2 Å². The van der Waals surface area contributed by atoms with E-state index in [0.29, 0.717) is 21.4 Å². The second-order valence-corrected chi connectivity index (χ2v) is 10.9. The van der Waals surface area contributed by atoms with Gasteiger partial charge in [0.05, 0.1) is 29.8 Å². The summed E-state index contributed by atoms with van der Waals surface area (Å²) in [6.07, 6.45) is 8.91. The van der Waals surface area contributed by atoms with Crippen molar-refractivity contribution in [2.24, 2.45) is 12.0 Å². The van der Waals surface area contributed by atoms with Crippen LogP contribution in [0.1, 0.15) is 46.1 Å². The Kier molecular flexibility index (Phi) is 7.75. The van der Waals surface area contributed by atoms with E-state index in [1.54, 1.807) is 37.1 Å². The predicted molar refractivity (Wildman–Crippen MR) is 151 cm³/mol. The number of esters is 1. The van der Waals surface area contributed by atoms with Crippen molar-refractivity contribution in [2.75, 3.05) is 22.6 Å². The van der Waals surface area contributed by atoms with Gasteiger partial charge in [-0.05, 0) is 56.4 Å². The molecule has 1 aliphatic carbocycles. The van der Waals surface area contributed by atoms with Crippen LogP contribution >= 0.6 is 23.1 Å². The molecule has 0 fully saturated rings. The molecule has 38 heavy (non-hydrogen) atoms. The number of carbonyl (C=O) groups is 3. The van der Waals surface area contributed by atoms with E-state index < -0.39 is 5.97 Å². The van der Waals surface area contributed by atoms with Crippen molar-refractivity contribution < 1.29 is 19.1 Å². The van der Waals surface area contributed by atoms with Crippen molar-refractivity contribution in [3.63, 3.8) is 0 Å². The van der Waals surface area contributed by atoms with E-state index >= 15 is 0 Å². The molecule has 11 heteroatoms. The summed E-state index contributed by atoms with van der Waals surface area (Å²) in [6, 6.07) is 9.20. The Labute approximate surface area is 228 Å². The Morgan fingerprint density at radius 1 is 1.21 bits per heavy atom. The summed E-state index contributed by atoms with van der Waals surface area (Å²) < 4.78 is 6.94. The Bertz CT molecular complexity index is 1440. The molecule has 2 aromatic heterocycles. The quantitative estimate of drug-likeness (QED) is 0.340. The molecule has 0 unspecified atom stereocenters. The van der Waals surface area contributed by atoms with Crippen LogP contribution in [-0.4, -0.2) is 45.1 Å². The highest BCUT2D eigenvalue weighted by molar-refractivity contribution is 8.14. The first-order valence-electron chi connectivity index (χ1n) is 12.4. The van der Waals surface area contributed by atoms with E-state index in [9.17, 15) is 14.4 Å². The van der Waals surface area contributed by atoms with Crippen molar-refractivity contribution in [1.29, 1.82) is 0 Å². The van der Waals surface area contributed by atoms with Gasteiger partial charge in [0.1, 0.15) is 10.7 Å². The number of benzene rings is 1. The Morgan fingerprint density at radius 2 is 2.00 bits per heavy atom. The Morgan fingerprint density at radius 3 is 2.74 bits per heavy atom. The molecule has 0 spiro atoms. The van der Waals surface area contributed by atoms with Crippen molar-refractivity contribution >= 4 is 62.8 Å². The fourth-order valence-corrected chi connectivity index (χ4v) is 6.54. The number of rotatable bonds is 7. The van der Waals surface area contributed by atoms with Crippen LogP contribution in [0.15, 0.2) is 53.4 Å². The SMILES string of the molecule is CCOC(=O)c1c(NC(=O)CSC2=N/C(=C/c3cnn(C)c3)C(=O)N2c2ccccc2)sc2c1CCCC2. The first kappa shape index (κ1) is 25.9. The summed E-state index contributed by atoms with van der Waals surface area (Å²) >= 11 is 2.62. The van der Waals surface area contributed by atoms with E-state index in [1.165, 1.54) is 28.0 Å². The zero-order valence-corrected chi connectivity index (χ0v) is 22.7. The Hall–Kier alpha value is -3.70. The summed E-state index contributed by atoms with van der Waals surface area (Å²) in [5.41, 5.74) is 3.15. The molecule has 5 rings (SSSR count). The van der Waals surface area contributed by atoms with E-state index in [1.807, 2.05) is 30.3 Å². The number of nitrogens with zero attached hydrogens (tertiary/aromatic N) is 4. The summed E-state index contributed by atoms with van der Waals surface area (Å²) in [5, 5.41) is 8.00. The zero-order chi connectivity index (χ0) is 26.6. The molecule has 0 radical (unpaired) electrons. The number of hydrogen-bond donors (Lipinski definition) is 1. The third kappa shape index (κ3) is 5.44. The van der Waals surface area contributed by atoms with Crippen LogP contribution in [0.25, 0.3) is 6.08 Å². The van der Waals surface area contributed by atoms with E-state index in [4.69, 9.17) is 4.74 Å². The molecule has 1 aliphatic heterocycles. The molecule has 0 saturated heterocycles. The Balaban J connectivity index is 1.36. The highest BCUT2D eigenvalue weighted by atomic mass is 32.2. The molecule has 3 aromatic rings. The van der Waals surface area contributed by atoms with Gasteiger partial charge >= 0.3 is 5.97 Å². The summed E-state index contributed by atoms with van der Waals surface area (Å²) in [6.45, 7) is 2.04. The fraction of sp³-hybridized carbons (Fsp3) is 0.296. The molecule has 0 atom stereocenters. The molecular formula is C27H27N5O4S2. The van der Waals surface area contributed by atoms with Gasteiger partial charge in [0.15, 0.2) is 5.17 Å². The lowest BCUT2D eigenvalue weighted by Gasteiger charge is -2.17. The lowest BCUT2D eigenvalue weighted by Crippen LogP contribution is -2.31. The van der Waals surface area contributed by atoms with Crippen molar-refractivity contribution in [1.82, 2.24) is 9.78 Å². The number of hydrogen-bond acceptors (Lipinski definition) is 8. The number of nitrogens with one attached hydrogen (secondary N) is 1. The minimum absolute atomic E-state index is 0.0143. The largest absolute Gasteiger partial charge is 0.462 e. The minimum Gasteiger partial charge on any atom is -0.462 e. The predicted octanol–water partition coefficient (Wildman–Crippen LogP) is 4.65. The molecule has 9 nitrogen and oxygen atoms in total. The molecule has 1 N–H and O–H groups in total. The number of thioether (sulfide) groups is 1. The van der Waals surface area contributed by atoms with Crippen LogP contribution in [0.3, 0.4) is 0 Å². The highest BCUT2D eigenvalue weighted by Gasteiger charge is 2.33. The molecule has 0 bridgehead atoms. The van der Waals surface area contributed by atoms with Crippen molar-refractivity contribution in [2.45, 2.75) is 32.6 Å². The second-order valence-electron chi connectivity index (χ2n) is 8.82. The monoisotopic (exact) mass is 549 g/mol. The number of ether oxygens (including phenoxy) is 1. The molecule has 1 aromatic carbocycles. The third-order valence-corrected chi connectivity index (χ3v) is 8.25. The van der Waals surface area contributed by atoms with Crippen LogP contribution in [-0.2, 0) is 34.2 Å². The highest BCUT2D eigenvalue weighted by Crippen LogP contribution is 2.39. The first-order chi connectivity index (χ1) is 18.4. The second kappa shape index (κ2) is 11.4. The average Bonchev–Trinajstić information content (AvgIpc) is 3.58. The lowest BCUT2D eigenvalue weighted by atomic mass is 9.95. The number of aliphatic imine (C=N–C) groups is 1. The first-order valence-corrected chi connectivity index (χ1v) is 14.2. The van der Waals surface area contributed by atoms with Gasteiger partial charge in [-0.1, -0.05) is 30.0 Å². The van der Waals surface area contributed by atoms with Gasteiger partial charge in [-0.3, -0.25) is 19.2 Å². The maximum absolute atomic E-state index is 13.3. The van der Waals surface area contributed by atoms with Gasteiger partial charge in [0, 0.05) is 23.7 Å². The van der Waals surface area contributed by atoms with Crippen molar-refractivity contribution in [3.05, 3.63) is 70.0 Å². The average molecular weight is 550 g/mol. The number of anilines is 2. The van der Waals surface area contributed by atoms with Gasteiger partial charge in [0.2, 0.25) is 5.91 Å². The smallest absolute Gasteiger partial charge is 0.341 e. The van der Waals surface area contributed by atoms with Crippen LogP contribution in [0.2, 0.25) is 0 Å². The van der Waals surface area contributed by atoms with Gasteiger partial charge in [-0.15, -0.1) is 11.3 Å². The van der Waals surface area contributed by atoms with Crippen LogP contribution in [0.5, 0.6) is 0 Å². The number of amides is 2. The number of fused-ring (bicyclic) bond motifs is 1.